The molecule has 1 heterocycles. The van der Waals surface area contributed by atoms with Gasteiger partial charge in [0.1, 0.15) is 0 Å². The van der Waals surface area contributed by atoms with Crippen molar-refractivity contribution in [2.75, 3.05) is 11.9 Å². The Morgan fingerprint density at radius 3 is 2.61 bits per heavy atom. The van der Waals surface area contributed by atoms with Gasteiger partial charge in [0, 0.05) is 0 Å². The quantitative estimate of drug-likeness (QED) is 0.754. The average molecular weight is 264 g/mol. The Balaban J connectivity index is 2.41. The van der Waals surface area contributed by atoms with Crippen molar-refractivity contribution in [1.82, 2.24) is 15.3 Å². The summed E-state index contributed by atoms with van der Waals surface area (Å²) in [7, 11) is 0. The fourth-order valence-corrected chi connectivity index (χ4v) is 0.923. The number of alkyl halides is 3. The standard InChI is InChI=1S/C9H11F3N4O2/c1-5-2-14-7(4-13-5)16-8(18)15-3-6(17)9(10,11)12/h2,4,6,17H,3H2,1H3,(H2,14,15,16,18). The van der Waals surface area contributed by atoms with Gasteiger partial charge in [-0.15, -0.1) is 0 Å². The Labute approximate surface area is 100 Å². The second-order valence-corrected chi connectivity index (χ2v) is 3.44. The summed E-state index contributed by atoms with van der Waals surface area (Å²) in [6.45, 7) is 0.755. The number of aliphatic hydroxyl groups excluding tert-OH is 1. The Morgan fingerprint density at radius 2 is 2.11 bits per heavy atom. The minimum absolute atomic E-state index is 0.0969. The van der Waals surface area contributed by atoms with Gasteiger partial charge in [0.25, 0.3) is 0 Å². The van der Waals surface area contributed by atoms with E-state index in [-0.39, 0.29) is 5.82 Å². The van der Waals surface area contributed by atoms with Crippen LogP contribution in [0.15, 0.2) is 12.4 Å². The predicted molar refractivity (Wildman–Crippen MR) is 55.9 cm³/mol. The van der Waals surface area contributed by atoms with Gasteiger partial charge in [-0.2, -0.15) is 13.2 Å². The Morgan fingerprint density at radius 1 is 1.44 bits per heavy atom. The fourth-order valence-electron chi connectivity index (χ4n) is 0.923. The van der Waals surface area contributed by atoms with Crippen LogP contribution >= 0.6 is 0 Å². The molecule has 9 heteroatoms. The summed E-state index contributed by atoms with van der Waals surface area (Å²) in [5, 5.41) is 12.7. The van der Waals surface area contributed by atoms with Crippen molar-refractivity contribution in [2.45, 2.75) is 19.2 Å². The predicted octanol–water partition coefficient (Wildman–Crippen LogP) is 0.830. The number of anilines is 1. The first kappa shape index (κ1) is 14.2. The molecule has 1 aromatic rings. The number of rotatable bonds is 3. The van der Waals surface area contributed by atoms with Gasteiger partial charge in [0.15, 0.2) is 11.9 Å². The van der Waals surface area contributed by atoms with E-state index in [2.05, 4.69) is 15.3 Å². The van der Waals surface area contributed by atoms with Gasteiger partial charge in [0.05, 0.1) is 24.6 Å². The second-order valence-electron chi connectivity index (χ2n) is 3.44. The van der Waals surface area contributed by atoms with Crippen LogP contribution in [0, 0.1) is 6.92 Å². The number of aliphatic hydroxyl groups is 1. The molecule has 0 bridgehead atoms. The zero-order valence-corrected chi connectivity index (χ0v) is 9.32. The molecule has 2 amide bonds. The third-order valence-electron chi connectivity index (χ3n) is 1.86. The first-order valence-corrected chi connectivity index (χ1v) is 4.87. The van der Waals surface area contributed by atoms with Gasteiger partial charge >= 0.3 is 12.2 Å². The maximum atomic E-state index is 11.9. The Kier molecular flexibility index (Phi) is 4.43. The highest BCUT2D eigenvalue weighted by atomic mass is 19.4. The normalized spacial score (nSPS) is 12.9. The molecule has 1 atom stereocenters. The minimum Gasteiger partial charge on any atom is -0.382 e. The SMILES string of the molecule is Cc1cnc(NC(=O)NCC(O)C(F)(F)F)cn1. The van der Waals surface area contributed by atoms with Crippen LogP contribution in [0.1, 0.15) is 5.69 Å². The zero-order valence-electron chi connectivity index (χ0n) is 9.32. The van der Waals surface area contributed by atoms with Gasteiger partial charge in [0.2, 0.25) is 0 Å². The second kappa shape index (κ2) is 5.63. The molecule has 0 saturated heterocycles. The molecule has 18 heavy (non-hydrogen) atoms. The zero-order chi connectivity index (χ0) is 13.8. The van der Waals surface area contributed by atoms with Crippen molar-refractivity contribution in [2.24, 2.45) is 0 Å². The third kappa shape index (κ3) is 4.53. The average Bonchev–Trinajstić information content (AvgIpc) is 2.28. The van der Waals surface area contributed by atoms with E-state index in [1.165, 1.54) is 12.4 Å². The van der Waals surface area contributed by atoms with Gasteiger partial charge in [-0.25, -0.2) is 9.78 Å². The highest BCUT2D eigenvalue weighted by Gasteiger charge is 2.38. The maximum absolute atomic E-state index is 11.9. The maximum Gasteiger partial charge on any atom is 0.416 e. The lowest BCUT2D eigenvalue weighted by molar-refractivity contribution is -0.201. The Hall–Kier alpha value is -1.90. The van der Waals surface area contributed by atoms with Gasteiger partial charge < -0.3 is 10.4 Å². The number of carbonyl (C=O) groups excluding carboxylic acids is 1. The van der Waals surface area contributed by atoms with Gasteiger partial charge in [-0.3, -0.25) is 10.3 Å². The molecule has 0 spiro atoms. The van der Waals surface area contributed by atoms with Crippen LogP contribution < -0.4 is 10.6 Å². The Bertz CT molecular complexity index is 407. The molecule has 0 aromatic carbocycles. The van der Waals surface area contributed by atoms with Crippen LogP contribution in [0.5, 0.6) is 0 Å². The van der Waals surface area contributed by atoms with Crippen molar-refractivity contribution < 1.29 is 23.1 Å². The molecule has 1 unspecified atom stereocenters. The number of nitrogens with one attached hydrogen (secondary N) is 2. The largest absolute Gasteiger partial charge is 0.416 e. The van der Waals surface area contributed by atoms with E-state index < -0.39 is 24.9 Å². The molecule has 100 valence electrons. The van der Waals surface area contributed by atoms with Crippen molar-refractivity contribution in [1.29, 1.82) is 0 Å². The van der Waals surface area contributed by atoms with Gasteiger partial charge in [-0.05, 0) is 6.92 Å². The van der Waals surface area contributed by atoms with E-state index in [4.69, 9.17) is 5.11 Å². The highest BCUT2D eigenvalue weighted by Crippen LogP contribution is 2.19. The summed E-state index contributed by atoms with van der Waals surface area (Å²) in [6, 6.07) is -0.906. The molecule has 1 rings (SSSR count). The minimum atomic E-state index is -4.77. The number of aromatic nitrogens is 2. The molecule has 0 aliphatic heterocycles. The topological polar surface area (TPSA) is 87.1 Å². The summed E-state index contributed by atoms with van der Waals surface area (Å²) >= 11 is 0. The number of hydrogen-bond donors (Lipinski definition) is 3. The van der Waals surface area contributed by atoms with E-state index >= 15 is 0 Å². The van der Waals surface area contributed by atoms with E-state index in [0.717, 1.165) is 0 Å². The van der Waals surface area contributed by atoms with Crippen molar-refractivity contribution >= 4 is 11.8 Å². The molecule has 6 nitrogen and oxygen atoms in total. The van der Waals surface area contributed by atoms with Crippen LogP contribution in [0.25, 0.3) is 0 Å². The van der Waals surface area contributed by atoms with E-state index in [1.54, 1.807) is 6.92 Å². The summed E-state index contributed by atoms with van der Waals surface area (Å²) in [4.78, 5) is 18.8. The van der Waals surface area contributed by atoms with Crippen LogP contribution in [0.4, 0.5) is 23.8 Å². The number of halogens is 3. The number of carbonyl (C=O) groups is 1. The molecule has 0 aliphatic carbocycles. The smallest absolute Gasteiger partial charge is 0.382 e. The lowest BCUT2D eigenvalue weighted by atomic mass is 10.3. The summed E-state index contributed by atoms with van der Waals surface area (Å²) in [6.07, 6.45) is -4.72. The number of nitrogens with zero attached hydrogens (tertiary/aromatic N) is 2. The number of hydrogen-bond acceptors (Lipinski definition) is 4. The monoisotopic (exact) mass is 264 g/mol. The molecular weight excluding hydrogens is 253 g/mol. The first-order chi connectivity index (χ1) is 8.29. The van der Waals surface area contributed by atoms with Crippen LogP contribution in [0.2, 0.25) is 0 Å². The number of aryl methyl sites for hydroxylation is 1. The molecule has 0 aliphatic rings. The lowest BCUT2D eigenvalue weighted by Gasteiger charge is -2.15. The van der Waals surface area contributed by atoms with Crippen molar-refractivity contribution in [3.05, 3.63) is 18.1 Å². The summed E-state index contributed by atoms with van der Waals surface area (Å²) < 4.78 is 35.8. The highest BCUT2D eigenvalue weighted by molar-refractivity contribution is 5.87. The molecule has 0 fully saturated rings. The van der Waals surface area contributed by atoms with Crippen LogP contribution in [0.3, 0.4) is 0 Å². The molecule has 0 saturated carbocycles. The van der Waals surface area contributed by atoms with Crippen molar-refractivity contribution in [3.8, 4) is 0 Å². The van der Waals surface area contributed by atoms with Crippen LogP contribution in [-0.4, -0.2) is 39.9 Å². The number of urea groups is 1. The molecule has 0 radical (unpaired) electrons. The molecular formula is C9H11F3N4O2. The van der Waals surface area contributed by atoms with E-state index in [0.29, 0.717) is 5.69 Å². The van der Waals surface area contributed by atoms with Crippen LogP contribution in [-0.2, 0) is 0 Å². The summed E-state index contributed by atoms with van der Waals surface area (Å²) in [5.41, 5.74) is 0.633. The van der Waals surface area contributed by atoms with Crippen molar-refractivity contribution in [3.63, 3.8) is 0 Å². The molecule has 1 aromatic heterocycles. The first-order valence-electron chi connectivity index (χ1n) is 4.87. The number of amides is 2. The lowest BCUT2D eigenvalue weighted by Crippen LogP contribution is -2.42. The van der Waals surface area contributed by atoms with Gasteiger partial charge in [-0.1, -0.05) is 0 Å². The summed E-state index contributed by atoms with van der Waals surface area (Å²) in [5.74, 6) is 0.0969. The molecule has 3 N–H and O–H groups in total. The van der Waals surface area contributed by atoms with E-state index in [1.807, 2.05) is 5.32 Å². The van der Waals surface area contributed by atoms with E-state index in [9.17, 15) is 18.0 Å². The fraction of sp³-hybridized carbons (Fsp3) is 0.444. The third-order valence-corrected chi connectivity index (χ3v) is 1.86.